The van der Waals surface area contributed by atoms with Crippen LogP contribution < -0.4 is 10.5 Å². The summed E-state index contributed by atoms with van der Waals surface area (Å²) in [6.07, 6.45) is 4.52. The van der Waals surface area contributed by atoms with Crippen LogP contribution in [0.15, 0.2) is 14.6 Å². The number of pyridine rings is 1. The summed E-state index contributed by atoms with van der Waals surface area (Å²) in [7, 11) is 0.00527. The molecule has 1 unspecified atom stereocenters. The highest BCUT2D eigenvalue weighted by Gasteiger charge is 2.30. The lowest BCUT2D eigenvalue weighted by Gasteiger charge is -2.15. The number of hydrogen-bond donors (Lipinski definition) is 2. The molecule has 2 heterocycles. The first-order chi connectivity index (χ1) is 14.2. The van der Waals surface area contributed by atoms with Gasteiger partial charge in [-0.25, -0.2) is 18.5 Å². The molecule has 7 nitrogen and oxygen atoms in total. The van der Waals surface area contributed by atoms with Crippen molar-refractivity contribution in [1.29, 1.82) is 0 Å². The van der Waals surface area contributed by atoms with E-state index in [0.717, 1.165) is 71.6 Å². The first kappa shape index (κ1) is 21.4. The summed E-state index contributed by atoms with van der Waals surface area (Å²) < 4.78 is 30.8. The van der Waals surface area contributed by atoms with Gasteiger partial charge in [-0.3, -0.25) is 4.98 Å². The van der Waals surface area contributed by atoms with Crippen molar-refractivity contribution in [3.8, 4) is 0 Å². The van der Waals surface area contributed by atoms with Crippen molar-refractivity contribution in [2.75, 3.05) is 19.4 Å². The van der Waals surface area contributed by atoms with Crippen molar-refractivity contribution < 1.29 is 13.4 Å². The minimum atomic E-state index is -3.69. The van der Waals surface area contributed by atoms with E-state index in [2.05, 4.69) is 16.6 Å². The van der Waals surface area contributed by atoms with E-state index >= 15 is 0 Å². The maximum absolute atomic E-state index is 14.4. The quantitative estimate of drug-likeness (QED) is 0.738. The van der Waals surface area contributed by atoms with Crippen molar-refractivity contribution in [3.05, 3.63) is 39.3 Å². The number of carbonyl (C=O) groups is 1. The predicted molar refractivity (Wildman–Crippen MR) is 117 cm³/mol. The van der Waals surface area contributed by atoms with Crippen molar-refractivity contribution in [2.24, 2.45) is 9.50 Å². The molecule has 0 radical (unpaired) electrons. The van der Waals surface area contributed by atoms with Gasteiger partial charge in [0.25, 0.3) is 0 Å². The molecule has 2 atom stereocenters. The van der Waals surface area contributed by atoms with Gasteiger partial charge in [0, 0.05) is 22.8 Å². The number of halogens is 1. The molecule has 4 rings (SSSR count). The van der Waals surface area contributed by atoms with Gasteiger partial charge < -0.3 is 10.2 Å². The smallest absolute Gasteiger partial charge is 0.305 e. The van der Waals surface area contributed by atoms with Crippen molar-refractivity contribution in [1.82, 2.24) is 9.88 Å². The third-order valence-electron chi connectivity index (χ3n) is 5.55. The molecule has 2 amide bonds. The van der Waals surface area contributed by atoms with Crippen molar-refractivity contribution in [2.45, 2.75) is 55.7 Å². The first-order valence-electron chi connectivity index (χ1n) is 9.99. The Bertz CT molecular complexity index is 1130. The lowest BCUT2D eigenvalue weighted by atomic mass is 10.0. The third-order valence-corrected chi connectivity index (χ3v) is 8.56. The number of aromatic nitrogens is 1. The number of nitrogens with one attached hydrogen (secondary N) is 1. The Kier molecular flexibility index (Phi) is 5.69. The van der Waals surface area contributed by atoms with E-state index in [1.807, 2.05) is 19.0 Å². The maximum Gasteiger partial charge on any atom is 0.354 e. The van der Waals surface area contributed by atoms with Crippen LogP contribution in [0.3, 0.4) is 0 Å². The van der Waals surface area contributed by atoms with Crippen LogP contribution in [0, 0.1) is 5.82 Å². The molecule has 0 fully saturated rings. The SMILES string of the molecule is C[C@@H]1CCc2c1nc1c(c2NC(=O)N=S(N)(=O)c2sc(CN(C)C)cc2F)CCC1. The zero-order valence-electron chi connectivity index (χ0n) is 17.3. The van der Waals surface area contributed by atoms with E-state index in [1.54, 1.807) is 0 Å². The molecule has 10 heteroatoms. The van der Waals surface area contributed by atoms with Crippen LogP contribution in [-0.2, 0) is 35.7 Å². The minimum Gasteiger partial charge on any atom is -0.305 e. The van der Waals surface area contributed by atoms with Gasteiger partial charge in [-0.2, -0.15) is 0 Å². The van der Waals surface area contributed by atoms with Gasteiger partial charge in [0.15, 0.2) is 19.9 Å². The van der Waals surface area contributed by atoms with Crippen LogP contribution in [0.2, 0.25) is 0 Å². The Morgan fingerprint density at radius 3 is 2.90 bits per heavy atom. The Morgan fingerprint density at radius 2 is 2.17 bits per heavy atom. The number of carbonyl (C=O) groups excluding carboxylic acids is 1. The topological polar surface area (TPSA) is 101 Å². The minimum absolute atomic E-state index is 0.201. The monoisotopic (exact) mass is 451 g/mol. The largest absolute Gasteiger partial charge is 0.354 e. The van der Waals surface area contributed by atoms with Crippen LogP contribution in [0.5, 0.6) is 0 Å². The van der Waals surface area contributed by atoms with Gasteiger partial charge in [-0.05, 0) is 69.3 Å². The fraction of sp³-hybridized carbons (Fsp3) is 0.500. The van der Waals surface area contributed by atoms with Crippen LogP contribution >= 0.6 is 11.3 Å². The van der Waals surface area contributed by atoms with E-state index in [4.69, 9.17) is 10.1 Å². The number of nitrogens with zero attached hydrogens (tertiary/aromatic N) is 3. The molecule has 162 valence electrons. The summed E-state index contributed by atoms with van der Waals surface area (Å²) in [6, 6.07) is 0.482. The Morgan fingerprint density at radius 1 is 1.40 bits per heavy atom. The highest BCUT2D eigenvalue weighted by Crippen LogP contribution is 2.41. The Hall–Kier alpha value is -1.88. The second-order valence-corrected chi connectivity index (χ2v) is 11.4. The van der Waals surface area contributed by atoms with Gasteiger partial charge in [0.05, 0.1) is 5.69 Å². The van der Waals surface area contributed by atoms with E-state index in [1.165, 1.54) is 6.07 Å². The lowest BCUT2D eigenvalue weighted by Crippen LogP contribution is -2.19. The molecule has 0 bridgehead atoms. The number of urea groups is 1. The molecule has 0 spiro atoms. The predicted octanol–water partition coefficient (Wildman–Crippen LogP) is 3.81. The summed E-state index contributed by atoms with van der Waals surface area (Å²) in [5.41, 5.74) is 4.85. The number of hydrogen-bond acceptors (Lipinski definition) is 5. The van der Waals surface area contributed by atoms with Gasteiger partial charge >= 0.3 is 6.03 Å². The number of nitrogens with two attached hydrogens (primary N) is 1. The summed E-state index contributed by atoms with van der Waals surface area (Å²) in [6.45, 7) is 2.62. The molecular weight excluding hydrogens is 425 g/mol. The molecule has 2 aromatic rings. The zero-order valence-corrected chi connectivity index (χ0v) is 19.0. The molecule has 0 aromatic carbocycles. The fourth-order valence-electron chi connectivity index (χ4n) is 4.23. The normalized spacial score (nSPS) is 19.5. The van der Waals surface area contributed by atoms with Crippen LogP contribution in [0.1, 0.15) is 53.1 Å². The molecule has 3 N–H and O–H groups in total. The third kappa shape index (κ3) is 4.01. The summed E-state index contributed by atoms with van der Waals surface area (Å²) in [5, 5.41) is 8.65. The van der Waals surface area contributed by atoms with E-state index < -0.39 is 21.8 Å². The summed E-state index contributed by atoms with van der Waals surface area (Å²) >= 11 is 0.983. The van der Waals surface area contributed by atoms with Gasteiger partial charge in [-0.15, -0.1) is 15.7 Å². The highest BCUT2D eigenvalue weighted by molar-refractivity contribution is 7.93. The second-order valence-electron chi connectivity index (χ2n) is 8.25. The second kappa shape index (κ2) is 7.99. The average Bonchev–Trinajstić information content (AvgIpc) is 3.34. The van der Waals surface area contributed by atoms with Crippen molar-refractivity contribution >= 4 is 33.0 Å². The molecule has 2 aliphatic rings. The highest BCUT2D eigenvalue weighted by atomic mass is 32.2. The Labute approximate surface area is 180 Å². The number of thiophene rings is 1. The number of anilines is 1. The fourth-order valence-corrected chi connectivity index (χ4v) is 6.74. The van der Waals surface area contributed by atoms with Crippen LogP contribution in [0.25, 0.3) is 0 Å². The number of fused-ring (bicyclic) bond motifs is 2. The van der Waals surface area contributed by atoms with Crippen LogP contribution in [-0.4, -0.2) is 34.2 Å². The average molecular weight is 452 g/mol. The molecule has 0 saturated heterocycles. The molecule has 0 saturated carbocycles. The maximum atomic E-state index is 14.4. The number of rotatable bonds is 4. The van der Waals surface area contributed by atoms with E-state index in [9.17, 15) is 13.4 Å². The summed E-state index contributed by atoms with van der Waals surface area (Å²) in [5.74, 6) is -0.354. The van der Waals surface area contributed by atoms with Crippen molar-refractivity contribution in [3.63, 3.8) is 0 Å². The van der Waals surface area contributed by atoms with E-state index in [0.29, 0.717) is 17.3 Å². The Balaban J connectivity index is 1.66. The first-order valence-corrected chi connectivity index (χ1v) is 12.4. The number of amides is 2. The summed E-state index contributed by atoms with van der Waals surface area (Å²) in [4.78, 5) is 20.1. The van der Waals surface area contributed by atoms with Crippen LogP contribution in [0.4, 0.5) is 14.9 Å². The lowest BCUT2D eigenvalue weighted by molar-refractivity contribution is 0.260. The molecule has 0 aliphatic heterocycles. The van der Waals surface area contributed by atoms with Gasteiger partial charge in [0.1, 0.15) is 0 Å². The van der Waals surface area contributed by atoms with E-state index in [-0.39, 0.29) is 4.21 Å². The molecule has 2 aliphatic carbocycles. The molecular formula is C20H26FN5O2S2. The molecule has 2 aromatic heterocycles. The molecule has 30 heavy (non-hydrogen) atoms. The van der Waals surface area contributed by atoms with Gasteiger partial charge in [-0.1, -0.05) is 6.92 Å². The zero-order chi connectivity index (χ0) is 21.6. The van der Waals surface area contributed by atoms with Gasteiger partial charge in [0.2, 0.25) is 0 Å². The standard InChI is InChI=1S/C20H26FN5O2S2/c1-11-7-8-14-17(11)23-16-6-4-5-13(16)18(14)24-20(27)25-30(22,28)19-15(21)9-12(29-19)10-26(2)3/h9,11H,4-8,10H2,1-3H3,(H3,22,23,24,25,27,28)/t11-,30?/m1/s1. The number of aryl methyl sites for hydroxylation is 1.